The zero-order valence-corrected chi connectivity index (χ0v) is 5.53. The highest BCUT2D eigenvalue weighted by Crippen LogP contribution is 2.24. The Morgan fingerprint density at radius 2 is 1.29 bits per heavy atom. The van der Waals surface area contributed by atoms with Gasteiger partial charge >= 0.3 is 0 Å². The Bertz CT molecular complexity index is 55.7. The fraction of sp³-hybridized carbons (Fsp3) is 1.00. The van der Waals surface area contributed by atoms with Gasteiger partial charge in [-0.2, -0.15) is 0 Å². The van der Waals surface area contributed by atoms with Gasteiger partial charge in [-0.15, -0.1) is 0 Å². The van der Waals surface area contributed by atoms with E-state index in [0.29, 0.717) is 0 Å². The van der Waals surface area contributed by atoms with Crippen LogP contribution in [0.1, 0.15) is 13.8 Å². The zero-order chi connectivity index (χ0) is 6.08. The maximum atomic E-state index is 5.32. The lowest BCUT2D eigenvalue weighted by molar-refractivity contribution is 1.08. The molecule has 0 aromatic heterocycles. The van der Waals surface area contributed by atoms with E-state index in [1.165, 1.54) is 0 Å². The molecular formula is C3H13N3S. The highest BCUT2D eigenvalue weighted by atomic mass is 32.3. The van der Waals surface area contributed by atoms with Crippen LogP contribution in [0, 0.1) is 0 Å². The molecule has 7 heavy (non-hydrogen) atoms. The summed E-state index contributed by atoms with van der Waals surface area (Å²) in [5.74, 6) is 0. The average molecular weight is 123 g/mol. The average Bonchev–Trinajstić information content (AvgIpc) is 1.31. The van der Waals surface area contributed by atoms with Gasteiger partial charge in [-0.3, -0.25) is 15.4 Å². The lowest BCUT2D eigenvalue weighted by atomic mass is 10.6. The molecule has 0 bridgehead atoms. The first-order valence-corrected chi connectivity index (χ1v) is 3.98. The van der Waals surface area contributed by atoms with Gasteiger partial charge in [0.1, 0.15) is 0 Å². The van der Waals surface area contributed by atoms with Crippen LogP contribution in [0.15, 0.2) is 0 Å². The predicted octanol–water partition coefficient (Wildman–Crippen LogP) is -0.179. The van der Waals surface area contributed by atoms with Crippen LogP contribution in [0.5, 0.6) is 0 Å². The van der Waals surface area contributed by atoms with Gasteiger partial charge in [-0.1, -0.05) is 24.4 Å². The molecule has 0 unspecified atom stereocenters. The van der Waals surface area contributed by atoms with Crippen molar-refractivity contribution in [2.24, 2.45) is 15.4 Å². The van der Waals surface area contributed by atoms with Gasteiger partial charge in [0.05, 0.1) is 0 Å². The Kier molecular flexibility index (Phi) is 2.07. The molecule has 0 atom stereocenters. The quantitative estimate of drug-likeness (QED) is 0.452. The number of hydrogen-bond acceptors (Lipinski definition) is 3. The Morgan fingerprint density at radius 1 is 1.14 bits per heavy atom. The van der Waals surface area contributed by atoms with Gasteiger partial charge in [0.25, 0.3) is 0 Å². The van der Waals surface area contributed by atoms with Crippen molar-refractivity contribution in [3.63, 3.8) is 0 Å². The van der Waals surface area contributed by atoms with Crippen LogP contribution in [0.4, 0.5) is 0 Å². The zero-order valence-electron chi connectivity index (χ0n) is 4.72. The van der Waals surface area contributed by atoms with Crippen molar-refractivity contribution in [1.29, 1.82) is 0 Å². The minimum Gasteiger partial charge on any atom is -0.272 e. The standard InChI is InChI=1S/C3H13N3S/c1-3(2)7(4,5)6/h3H,4-6H2,1-2H3. The molecule has 0 aromatic rings. The summed E-state index contributed by atoms with van der Waals surface area (Å²) in [6, 6.07) is 0. The van der Waals surface area contributed by atoms with E-state index in [0.717, 1.165) is 0 Å². The van der Waals surface area contributed by atoms with E-state index in [2.05, 4.69) is 0 Å². The summed E-state index contributed by atoms with van der Waals surface area (Å²) < 4.78 is 0. The van der Waals surface area contributed by atoms with E-state index in [9.17, 15) is 0 Å². The molecule has 0 amide bonds. The molecule has 0 aliphatic heterocycles. The van der Waals surface area contributed by atoms with Crippen molar-refractivity contribution in [1.82, 2.24) is 0 Å². The van der Waals surface area contributed by atoms with Gasteiger partial charge in [0, 0.05) is 5.25 Å². The second kappa shape index (κ2) is 2.00. The normalized spacial score (nSPS) is 15.1. The SMILES string of the molecule is CC(C)S(N)(N)N. The van der Waals surface area contributed by atoms with Crippen LogP contribution in [-0.2, 0) is 0 Å². The van der Waals surface area contributed by atoms with Crippen LogP contribution in [0.25, 0.3) is 0 Å². The van der Waals surface area contributed by atoms with E-state index in [1.807, 2.05) is 13.8 Å². The van der Waals surface area contributed by atoms with Gasteiger partial charge in [0.15, 0.2) is 0 Å². The molecule has 0 aliphatic carbocycles. The summed E-state index contributed by atoms with van der Waals surface area (Å²) >= 11 is 0. The molecule has 3 nitrogen and oxygen atoms in total. The number of nitrogens with two attached hydrogens (primary N) is 3. The highest BCUT2D eigenvalue weighted by Gasteiger charge is 2.08. The van der Waals surface area contributed by atoms with Gasteiger partial charge in [0.2, 0.25) is 0 Å². The van der Waals surface area contributed by atoms with Crippen molar-refractivity contribution in [3.8, 4) is 0 Å². The van der Waals surface area contributed by atoms with E-state index in [1.54, 1.807) is 0 Å². The monoisotopic (exact) mass is 123 g/mol. The molecule has 0 radical (unpaired) electrons. The lowest BCUT2D eigenvalue weighted by Gasteiger charge is -2.28. The molecule has 0 saturated carbocycles. The summed E-state index contributed by atoms with van der Waals surface area (Å²) in [5, 5.41) is 16.2. The third-order valence-corrected chi connectivity index (χ3v) is 2.45. The van der Waals surface area contributed by atoms with Crippen LogP contribution in [-0.4, -0.2) is 5.25 Å². The third kappa shape index (κ3) is 2.87. The van der Waals surface area contributed by atoms with E-state index >= 15 is 0 Å². The summed E-state index contributed by atoms with van der Waals surface area (Å²) in [6.07, 6.45) is 0. The van der Waals surface area contributed by atoms with Crippen molar-refractivity contribution in [3.05, 3.63) is 0 Å². The molecule has 0 fully saturated rings. The van der Waals surface area contributed by atoms with Crippen molar-refractivity contribution in [2.45, 2.75) is 19.1 Å². The van der Waals surface area contributed by atoms with Crippen LogP contribution < -0.4 is 15.4 Å². The predicted molar refractivity (Wildman–Crippen MR) is 35.3 cm³/mol. The summed E-state index contributed by atoms with van der Waals surface area (Å²) in [5.41, 5.74) is 0. The topological polar surface area (TPSA) is 78.1 Å². The number of hydrogen-bond donors (Lipinski definition) is 3. The fourth-order valence-corrected chi connectivity index (χ4v) is 0. The molecular weight excluding hydrogens is 110 g/mol. The first kappa shape index (κ1) is 7.23. The Morgan fingerprint density at radius 3 is 1.29 bits per heavy atom. The Labute approximate surface area is 46.0 Å². The molecule has 0 aromatic carbocycles. The molecule has 0 aliphatic rings. The van der Waals surface area contributed by atoms with Crippen molar-refractivity contribution < 1.29 is 0 Å². The Balaban J connectivity index is 3.54. The first-order valence-electron chi connectivity index (χ1n) is 2.10. The lowest BCUT2D eigenvalue weighted by Crippen LogP contribution is -2.35. The molecule has 0 spiro atoms. The third-order valence-electron chi connectivity index (χ3n) is 0.816. The fourth-order valence-electron chi connectivity index (χ4n) is 0. The summed E-state index contributed by atoms with van der Waals surface area (Å²) in [4.78, 5) is 0. The van der Waals surface area contributed by atoms with Crippen molar-refractivity contribution in [2.75, 3.05) is 0 Å². The van der Waals surface area contributed by atoms with Crippen molar-refractivity contribution >= 4 is 10.6 Å². The molecule has 0 saturated heterocycles. The summed E-state index contributed by atoms with van der Waals surface area (Å²) in [6.45, 7) is 3.82. The number of rotatable bonds is 1. The minimum absolute atomic E-state index is 0.215. The molecule has 6 N–H and O–H groups in total. The van der Waals surface area contributed by atoms with Gasteiger partial charge in [-0.25, -0.2) is 0 Å². The second-order valence-corrected chi connectivity index (χ2v) is 4.44. The van der Waals surface area contributed by atoms with E-state index in [4.69, 9.17) is 15.4 Å². The molecule has 4 heteroatoms. The van der Waals surface area contributed by atoms with E-state index < -0.39 is 10.6 Å². The maximum absolute atomic E-state index is 5.32. The Hall–Kier alpha value is 0.230. The summed E-state index contributed by atoms with van der Waals surface area (Å²) in [7, 11) is -1.74. The van der Waals surface area contributed by atoms with Gasteiger partial charge < -0.3 is 0 Å². The highest BCUT2D eigenvalue weighted by molar-refractivity contribution is 8.28. The van der Waals surface area contributed by atoms with Crippen LogP contribution in [0.2, 0.25) is 0 Å². The van der Waals surface area contributed by atoms with E-state index in [-0.39, 0.29) is 5.25 Å². The minimum atomic E-state index is -1.74. The smallest absolute Gasteiger partial charge is 0.0193 e. The molecule has 0 rings (SSSR count). The largest absolute Gasteiger partial charge is 0.272 e. The first-order chi connectivity index (χ1) is 2.94. The van der Waals surface area contributed by atoms with Crippen LogP contribution >= 0.6 is 10.6 Å². The van der Waals surface area contributed by atoms with Crippen LogP contribution in [0.3, 0.4) is 0 Å². The molecule has 46 valence electrons. The second-order valence-electron chi connectivity index (χ2n) is 1.87. The maximum Gasteiger partial charge on any atom is 0.0193 e. The molecule has 0 heterocycles. The van der Waals surface area contributed by atoms with Gasteiger partial charge in [-0.05, 0) is 0 Å².